The summed E-state index contributed by atoms with van der Waals surface area (Å²) in [5.74, 6) is 2.12. The highest BCUT2D eigenvalue weighted by Gasteiger charge is 2.31. The number of anilines is 2. The molecule has 0 aliphatic heterocycles. The molecule has 2 rings (SSSR count). The molecule has 1 aliphatic carbocycles. The van der Waals surface area contributed by atoms with Crippen molar-refractivity contribution < 1.29 is 0 Å². The Balaban J connectivity index is 2.19. The zero-order chi connectivity index (χ0) is 11.0. The predicted molar refractivity (Wildman–Crippen MR) is 66.6 cm³/mol. The van der Waals surface area contributed by atoms with Gasteiger partial charge in [-0.3, -0.25) is 0 Å². The first-order valence-electron chi connectivity index (χ1n) is 5.55. The zero-order valence-electron chi connectivity index (χ0n) is 9.66. The molecule has 1 aromatic heterocycles. The topological polar surface area (TPSA) is 42.2 Å². The lowest BCUT2D eigenvalue weighted by atomic mass is 10.1. The van der Waals surface area contributed by atoms with Gasteiger partial charge in [-0.25, -0.2) is 0 Å². The fourth-order valence-corrected chi connectivity index (χ4v) is 2.83. The van der Waals surface area contributed by atoms with Crippen LogP contribution in [0.15, 0.2) is 0 Å². The van der Waals surface area contributed by atoms with Gasteiger partial charge in [0.2, 0.25) is 0 Å². The van der Waals surface area contributed by atoms with Gasteiger partial charge in [0.15, 0.2) is 0 Å². The van der Waals surface area contributed by atoms with Gasteiger partial charge in [0.1, 0.15) is 10.8 Å². The van der Waals surface area contributed by atoms with E-state index in [1.165, 1.54) is 23.4 Å². The summed E-state index contributed by atoms with van der Waals surface area (Å²) in [6, 6.07) is 0. The van der Waals surface area contributed by atoms with E-state index in [-0.39, 0.29) is 0 Å². The van der Waals surface area contributed by atoms with E-state index in [1.54, 1.807) is 11.5 Å². The number of nitrogen functional groups attached to an aromatic ring is 1. The van der Waals surface area contributed by atoms with E-state index in [0.717, 1.165) is 12.4 Å². The molecule has 84 valence electrons. The molecule has 0 radical (unpaired) electrons. The highest BCUT2D eigenvalue weighted by atomic mass is 32.1. The molecule has 15 heavy (non-hydrogen) atoms. The second-order valence-electron chi connectivity index (χ2n) is 4.84. The van der Waals surface area contributed by atoms with Crippen molar-refractivity contribution in [1.29, 1.82) is 0 Å². The summed E-state index contributed by atoms with van der Waals surface area (Å²) in [6.07, 6.45) is 2.57. The number of nitrogens with two attached hydrogens (primary N) is 1. The Morgan fingerprint density at radius 3 is 2.73 bits per heavy atom. The van der Waals surface area contributed by atoms with Crippen molar-refractivity contribution in [2.24, 2.45) is 5.92 Å². The van der Waals surface area contributed by atoms with Gasteiger partial charge in [-0.1, -0.05) is 13.8 Å². The molecule has 3 nitrogen and oxygen atoms in total. The van der Waals surface area contributed by atoms with Crippen molar-refractivity contribution in [3.8, 4) is 0 Å². The molecule has 4 heteroatoms. The fourth-order valence-electron chi connectivity index (χ4n) is 1.96. The Bertz CT molecular complexity index is 342. The average molecular weight is 225 g/mol. The van der Waals surface area contributed by atoms with Gasteiger partial charge in [-0.2, -0.15) is 4.37 Å². The molecule has 0 bridgehead atoms. The molecule has 0 amide bonds. The van der Waals surface area contributed by atoms with Crippen molar-refractivity contribution in [2.75, 3.05) is 24.2 Å². The lowest BCUT2D eigenvalue weighted by Crippen LogP contribution is -2.22. The highest BCUT2D eigenvalue weighted by molar-refractivity contribution is 7.10. The Morgan fingerprint density at radius 1 is 1.53 bits per heavy atom. The van der Waals surface area contributed by atoms with Gasteiger partial charge in [-0.15, -0.1) is 0 Å². The fraction of sp³-hybridized carbons (Fsp3) is 0.727. The van der Waals surface area contributed by atoms with Crippen LogP contribution in [0.4, 0.5) is 10.8 Å². The van der Waals surface area contributed by atoms with Crippen LogP contribution in [0.3, 0.4) is 0 Å². The standard InChI is InChI=1S/C11H19N3S/c1-7(2)6-14(3)11-9(8-4-5-8)10(12)13-15-11/h7-8H,4-6H2,1-3H3,(H2,12,13). The van der Waals surface area contributed by atoms with Crippen LogP contribution in [0.2, 0.25) is 0 Å². The van der Waals surface area contributed by atoms with Gasteiger partial charge in [0, 0.05) is 19.2 Å². The molecule has 1 aromatic rings. The first-order valence-corrected chi connectivity index (χ1v) is 6.33. The molecule has 1 fully saturated rings. The summed E-state index contributed by atoms with van der Waals surface area (Å²) in [4.78, 5) is 2.30. The molecule has 0 saturated heterocycles. The maximum Gasteiger partial charge on any atom is 0.142 e. The van der Waals surface area contributed by atoms with Crippen molar-refractivity contribution in [2.45, 2.75) is 32.6 Å². The third-order valence-corrected chi connectivity index (χ3v) is 3.70. The third kappa shape index (κ3) is 2.25. The van der Waals surface area contributed by atoms with Crippen molar-refractivity contribution in [1.82, 2.24) is 4.37 Å². The maximum atomic E-state index is 5.92. The van der Waals surface area contributed by atoms with Gasteiger partial charge < -0.3 is 10.6 Å². The molecule has 2 N–H and O–H groups in total. The Hall–Kier alpha value is -0.770. The van der Waals surface area contributed by atoms with E-state index < -0.39 is 0 Å². The minimum atomic E-state index is 0.672. The van der Waals surface area contributed by atoms with E-state index >= 15 is 0 Å². The predicted octanol–water partition coefficient (Wildman–Crippen LogP) is 2.69. The van der Waals surface area contributed by atoms with Gasteiger partial charge in [0.05, 0.1) is 0 Å². The van der Waals surface area contributed by atoms with Gasteiger partial charge in [-0.05, 0) is 36.2 Å². The lowest BCUT2D eigenvalue weighted by Gasteiger charge is -2.20. The van der Waals surface area contributed by atoms with Crippen LogP contribution in [-0.2, 0) is 0 Å². The monoisotopic (exact) mass is 225 g/mol. The van der Waals surface area contributed by atoms with E-state index in [2.05, 4.69) is 30.2 Å². The third-order valence-electron chi connectivity index (χ3n) is 2.71. The summed E-state index contributed by atoms with van der Waals surface area (Å²) in [5.41, 5.74) is 7.23. The number of aromatic nitrogens is 1. The first kappa shape index (κ1) is 10.7. The minimum absolute atomic E-state index is 0.672. The van der Waals surface area contributed by atoms with E-state index in [1.807, 2.05) is 0 Å². The van der Waals surface area contributed by atoms with Crippen molar-refractivity contribution >= 4 is 22.4 Å². The molecule has 0 atom stereocenters. The summed E-state index contributed by atoms with van der Waals surface area (Å²) < 4.78 is 4.28. The van der Waals surface area contributed by atoms with Crippen molar-refractivity contribution in [3.63, 3.8) is 0 Å². The average Bonchev–Trinajstić information content (AvgIpc) is 2.89. The van der Waals surface area contributed by atoms with Gasteiger partial charge in [0.25, 0.3) is 0 Å². The molecule has 1 heterocycles. The Morgan fingerprint density at radius 2 is 2.20 bits per heavy atom. The maximum absolute atomic E-state index is 5.92. The Labute approximate surface area is 95.4 Å². The number of hydrogen-bond acceptors (Lipinski definition) is 4. The second-order valence-corrected chi connectivity index (χ2v) is 5.59. The summed E-state index contributed by atoms with van der Waals surface area (Å²) >= 11 is 1.55. The van der Waals surface area contributed by atoms with Crippen LogP contribution < -0.4 is 10.6 Å². The largest absolute Gasteiger partial charge is 0.383 e. The zero-order valence-corrected chi connectivity index (χ0v) is 10.5. The van der Waals surface area contributed by atoms with Crippen LogP contribution >= 0.6 is 11.5 Å². The van der Waals surface area contributed by atoms with Crippen LogP contribution in [0.5, 0.6) is 0 Å². The van der Waals surface area contributed by atoms with Gasteiger partial charge >= 0.3 is 0 Å². The molecule has 1 saturated carbocycles. The molecular formula is C11H19N3S. The summed E-state index contributed by atoms with van der Waals surface area (Å²) in [6.45, 7) is 5.54. The van der Waals surface area contributed by atoms with Crippen LogP contribution in [0, 0.1) is 5.92 Å². The normalized spacial score (nSPS) is 16.0. The van der Waals surface area contributed by atoms with Crippen LogP contribution in [-0.4, -0.2) is 18.0 Å². The van der Waals surface area contributed by atoms with E-state index in [0.29, 0.717) is 11.8 Å². The Kier molecular flexibility index (Phi) is 2.87. The van der Waals surface area contributed by atoms with Crippen LogP contribution in [0.1, 0.15) is 38.2 Å². The number of hydrogen-bond donors (Lipinski definition) is 1. The van der Waals surface area contributed by atoms with Crippen molar-refractivity contribution in [3.05, 3.63) is 5.56 Å². The summed E-state index contributed by atoms with van der Waals surface area (Å²) in [7, 11) is 2.14. The number of nitrogens with zero attached hydrogens (tertiary/aromatic N) is 2. The minimum Gasteiger partial charge on any atom is -0.383 e. The molecule has 1 aliphatic rings. The SMILES string of the molecule is CC(C)CN(C)c1snc(N)c1C1CC1. The summed E-state index contributed by atoms with van der Waals surface area (Å²) in [5, 5.41) is 1.28. The van der Waals surface area contributed by atoms with Crippen LogP contribution in [0.25, 0.3) is 0 Å². The molecule has 0 aromatic carbocycles. The lowest BCUT2D eigenvalue weighted by molar-refractivity contribution is 0.639. The van der Waals surface area contributed by atoms with E-state index in [9.17, 15) is 0 Å². The highest BCUT2D eigenvalue weighted by Crippen LogP contribution is 2.48. The molecule has 0 unspecified atom stereocenters. The quantitative estimate of drug-likeness (QED) is 0.856. The smallest absolute Gasteiger partial charge is 0.142 e. The number of rotatable bonds is 4. The molecule has 0 spiro atoms. The first-order chi connectivity index (χ1) is 7.09. The van der Waals surface area contributed by atoms with E-state index in [4.69, 9.17) is 5.73 Å². The second kappa shape index (κ2) is 4.00. The molecular weight excluding hydrogens is 206 g/mol.